The van der Waals surface area contributed by atoms with Crippen LogP contribution < -0.4 is 9.64 Å². The maximum atomic E-state index is 11.6. The van der Waals surface area contributed by atoms with Gasteiger partial charge in [-0.25, -0.2) is 0 Å². The largest absolute Gasteiger partial charge is 0.494 e. The Balaban J connectivity index is 2.67. The molecule has 0 aliphatic rings. The number of nitrogens with zero attached hydrogens (tertiary/aromatic N) is 1. The zero-order valence-corrected chi connectivity index (χ0v) is 12.0. The Labute approximate surface area is 119 Å². The number of aliphatic carboxylic acids is 1. The summed E-state index contributed by atoms with van der Waals surface area (Å²) in [5.74, 6) is -0.342. The minimum Gasteiger partial charge on any atom is -0.494 e. The molecule has 0 saturated heterocycles. The third-order valence-electron chi connectivity index (χ3n) is 2.84. The van der Waals surface area contributed by atoms with Crippen molar-refractivity contribution in [3.8, 4) is 5.75 Å². The Morgan fingerprint density at radius 1 is 1.25 bits per heavy atom. The molecule has 0 bridgehead atoms. The van der Waals surface area contributed by atoms with Crippen molar-refractivity contribution in [2.45, 2.75) is 33.1 Å². The van der Waals surface area contributed by atoms with Crippen molar-refractivity contribution in [3.63, 3.8) is 0 Å². The average molecular weight is 279 g/mol. The molecule has 1 N–H and O–H groups in total. The van der Waals surface area contributed by atoms with E-state index in [2.05, 4.69) is 6.92 Å². The highest BCUT2D eigenvalue weighted by atomic mass is 16.5. The van der Waals surface area contributed by atoms with Crippen molar-refractivity contribution < 1.29 is 19.4 Å². The number of hydrogen-bond acceptors (Lipinski definition) is 3. The van der Waals surface area contributed by atoms with E-state index in [1.807, 2.05) is 0 Å². The van der Waals surface area contributed by atoms with E-state index in [0.717, 1.165) is 18.6 Å². The Morgan fingerprint density at radius 2 is 1.90 bits per heavy atom. The molecule has 0 radical (unpaired) electrons. The fraction of sp³-hybridized carbons (Fsp3) is 0.467. The first-order valence-corrected chi connectivity index (χ1v) is 6.77. The van der Waals surface area contributed by atoms with Crippen LogP contribution in [0.5, 0.6) is 5.75 Å². The highest BCUT2D eigenvalue weighted by molar-refractivity contribution is 5.92. The maximum Gasteiger partial charge on any atom is 0.305 e. The number of carbonyl (C=O) groups is 2. The summed E-state index contributed by atoms with van der Waals surface area (Å²) in [7, 11) is 0. The van der Waals surface area contributed by atoms with Gasteiger partial charge in [0.05, 0.1) is 13.0 Å². The minimum absolute atomic E-state index is 0.0751. The predicted octanol–water partition coefficient (Wildman–Crippen LogP) is 2.69. The molecule has 0 aliphatic heterocycles. The Hall–Kier alpha value is -2.04. The predicted molar refractivity (Wildman–Crippen MR) is 77.1 cm³/mol. The molecule has 20 heavy (non-hydrogen) atoms. The van der Waals surface area contributed by atoms with Crippen LogP contribution >= 0.6 is 0 Å². The summed E-state index contributed by atoms with van der Waals surface area (Å²) in [5, 5.41) is 8.70. The van der Waals surface area contributed by atoms with Gasteiger partial charge in [0.1, 0.15) is 5.75 Å². The van der Waals surface area contributed by atoms with E-state index in [1.54, 1.807) is 24.3 Å². The van der Waals surface area contributed by atoms with Gasteiger partial charge in [0.2, 0.25) is 5.91 Å². The monoisotopic (exact) mass is 279 g/mol. The fourth-order valence-corrected chi connectivity index (χ4v) is 1.73. The number of ether oxygens (including phenoxy) is 1. The Morgan fingerprint density at radius 3 is 2.40 bits per heavy atom. The quantitative estimate of drug-likeness (QED) is 0.743. The zero-order chi connectivity index (χ0) is 15.0. The number of amides is 1. The van der Waals surface area contributed by atoms with Crippen molar-refractivity contribution >= 4 is 17.6 Å². The second-order valence-electron chi connectivity index (χ2n) is 4.51. The lowest BCUT2D eigenvalue weighted by molar-refractivity contribution is -0.136. The van der Waals surface area contributed by atoms with E-state index < -0.39 is 5.97 Å². The summed E-state index contributed by atoms with van der Waals surface area (Å²) < 4.78 is 5.54. The number of hydrogen-bond donors (Lipinski definition) is 1. The van der Waals surface area contributed by atoms with Crippen molar-refractivity contribution in [2.24, 2.45) is 0 Å². The molecule has 1 aromatic rings. The number of anilines is 1. The van der Waals surface area contributed by atoms with Crippen molar-refractivity contribution in [2.75, 3.05) is 18.1 Å². The molecule has 0 aromatic heterocycles. The number of unbranched alkanes of at least 4 members (excludes halogenated alkanes) is 1. The van der Waals surface area contributed by atoms with Gasteiger partial charge in [-0.15, -0.1) is 0 Å². The number of benzene rings is 1. The molecule has 0 saturated carbocycles. The van der Waals surface area contributed by atoms with Crippen molar-refractivity contribution in [1.82, 2.24) is 0 Å². The van der Waals surface area contributed by atoms with Crippen molar-refractivity contribution in [1.29, 1.82) is 0 Å². The van der Waals surface area contributed by atoms with E-state index >= 15 is 0 Å². The second kappa shape index (κ2) is 8.19. The molecule has 110 valence electrons. The highest BCUT2D eigenvalue weighted by Crippen LogP contribution is 2.20. The van der Waals surface area contributed by atoms with Crippen LogP contribution in [0.25, 0.3) is 0 Å². The number of carboxylic acids is 1. The van der Waals surface area contributed by atoms with Gasteiger partial charge in [0.15, 0.2) is 0 Å². The first-order chi connectivity index (χ1) is 9.54. The molecule has 1 amide bonds. The van der Waals surface area contributed by atoms with Gasteiger partial charge >= 0.3 is 5.97 Å². The first kappa shape index (κ1) is 16.0. The Kier molecular flexibility index (Phi) is 6.56. The molecular weight excluding hydrogens is 258 g/mol. The molecule has 0 heterocycles. The summed E-state index contributed by atoms with van der Waals surface area (Å²) in [6.07, 6.45) is 2.00. The van der Waals surface area contributed by atoms with E-state index in [1.165, 1.54) is 11.8 Å². The van der Waals surface area contributed by atoms with Crippen LogP contribution in [0.1, 0.15) is 33.1 Å². The van der Waals surface area contributed by atoms with Crippen LogP contribution in [0.15, 0.2) is 24.3 Å². The average Bonchev–Trinajstić information content (AvgIpc) is 2.40. The SMILES string of the molecule is CCCCOc1ccc(N(CCC(=O)O)C(C)=O)cc1. The lowest BCUT2D eigenvalue weighted by atomic mass is 10.2. The molecular formula is C15H21NO4. The number of carbonyl (C=O) groups excluding carboxylic acids is 1. The van der Waals surface area contributed by atoms with Crippen molar-refractivity contribution in [3.05, 3.63) is 24.3 Å². The summed E-state index contributed by atoms with van der Waals surface area (Å²) in [6, 6.07) is 7.12. The van der Waals surface area contributed by atoms with Crippen LogP contribution in [0.2, 0.25) is 0 Å². The normalized spacial score (nSPS) is 10.1. The fourth-order valence-electron chi connectivity index (χ4n) is 1.73. The standard InChI is InChI=1S/C15H21NO4/c1-3-4-11-20-14-7-5-13(6-8-14)16(12(2)17)10-9-15(18)19/h5-8H,3-4,9-11H2,1-2H3,(H,18,19). The maximum absolute atomic E-state index is 11.6. The van der Waals surface area contributed by atoms with Gasteiger partial charge < -0.3 is 14.7 Å². The third-order valence-corrected chi connectivity index (χ3v) is 2.84. The zero-order valence-electron chi connectivity index (χ0n) is 12.0. The minimum atomic E-state index is -0.921. The molecule has 0 aliphatic carbocycles. The van der Waals surface area contributed by atoms with Gasteiger partial charge in [0, 0.05) is 19.2 Å². The summed E-state index contributed by atoms with van der Waals surface area (Å²) >= 11 is 0. The van der Waals surface area contributed by atoms with Gasteiger partial charge in [-0.2, -0.15) is 0 Å². The first-order valence-electron chi connectivity index (χ1n) is 6.77. The van der Waals surface area contributed by atoms with Gasteiger partial charge in [-0.3, -0.25) is 9.59 Å². The van der Waals surface area contributed by atoms with Crippen LogP contribution in [-0.2, 0) is 9.59 Å². The molecule has 5 heteroatoms. The van der Waals surface area contributed by atoms with Gasteiger partial charge in [-0.05, 0) is 30.7 Å². The molecule has 5 nitrogen and oxygen atoms in total. The van der Waals surface area contributed by atoms with E-state index in [9.17, 15) is 9.59 Å². The number of rotatable bonds is 8. The molecule has 0 spiro atoms. The van der Waals surface area contributed by atoms with E-state index in [4.69, 9.17) is 9.84 Å². The third kappa shape index (κ3) is 5.30. The molecule has 1 rings (SSSR count). The van der Waals surface area contributed by atoms with Gasteiger partial charge in [0.25, 0.3) is 0 Å². The van der Waals surface area contributed by atoms with Crippen LogP contribution in [0.3, 0.4) is 0 Å². The van der Waals surface area contributed by atoms with Crippen LogP contribution in [-0.4, -0.2) is 30.1 Å². The van der Waals surface area contributed by atoms with E-state index in [-0.39, 0.29) is 18.9 Å². The Bertz CT molecular complexity index is 442. The van der Waals surface area contributed by atoms with E-state index in [0.29, 0.717) is 12.3 Å². The molecule has 0 atom stereocenters. The lowest BCUT2D eigenvalue weighted by Gasteiger charge is -2.20. The summed E-state index contributed by atoms with van der Waals surface area (Å²) in [6.45, 7) is 4.36. The summed E-state index contributed by atoms with van der Waals surface area (Å²) in [5.41, 5.74) is 0.682. The molecule has 0 unspecified atom stereocenters. The van der Waals surface area contributed by atoms with Gasteiger partial charge in [-0.1, -0.05) is 13.3 Å². The lowest BCUT2D eigenvalue weighted by Crippen LogP contribution is -2.30. The molecule has 0 fully saturated rings. The highest BCUT2D eigenvalue weighted by Gasteiger charge is 2.12. The smallest absolute Gasteiger partial charge is 0.305 e. The molecule has 1 aromatic carbocycles. The second-order valence-corrected chi connectivity index (χ2v) is 4.51. The topological polar surface area (TPSA) is 66.8 Å². The summed E-state index contributed by atoms with van der Waals surface area (Å²) in [4.78, 5) is 23.6. The van der Waals surface area contributed by atoms with Crippen LogP contribution in [0.4, 0.5) is 5.69 Å². The number of carboxylic acid groups (broad SMARTS) is 1. The van der Waals surface area contributed by atoms with Crippen LogP contribution in [0, 0.1) is 0 Å².